The molecule has 1 aliphatic carbocycles. The Morgan fingerprint density at radius 3 is 2.53 bits per heavy atom. The number of hydrogen-bond donors (Lipinski definition) is 1. The molecule has 0 fully saturated rings. The molecule has 0 radical (unpaired) electrons. The van der Waals surface area contributed by atoms with Gasteiger partial charge >= 0.3 is 6.18 Å². The van der Waals surface area contributed by atoms with E-state index in [2.05, 4.69) is 0 Å². The van der Waals surface area contributed by atoms with Crippen molar-refractivity contribution in [3.63, 3.8) is 0 Å². The number of alkyl halides is 3. The van der Waals surface area contributed by atoms with Crippen LogP contribution >= 0.6 is 0 Å². The predicted octanol–water partition coefficient (Wildman–Crippen LogP) is 2.77. The maximum absolute atomic E-state index is 12.8. The highest BCUT2D eigenvalue weighted by Gasteiger charge is 2.56. The fraction of sp³-hybridized carbons (Fsp3) is 0.455. The normalized spacial score (nSPS) is 26.1. The molecule has 0 amide bonds. The lowest BCUT2D eigenvalue weighted by Gasteiger charge is -2.35. The molecule has 1 nitrogen and oxygen atoms in total. The molecule has 1 atom stereocenters. The number of hydrogen-bond acceptors (Lipinski definition) is 1. The third-order valence-electron chi connectivity index (χ3n) is 2.92. The summed E-state index contributed by atoms with van der Waals surface area (Å²) in [5.74, 6) is 0. The van der Waals surface area contributed by atoms with E-state index in [0.29, 0.717) is 18.4 Å². The van der Waals surface area contributed by atoms with Gasteiger partial charge in [0.1, 0.15) is 0 Å². The standard InChI is InChI=1S/C11H11F3O/c12-11(13,14)10(15)7-3-5-8-4-1-2-6-9(8)10/h1-2,4,6,15H,3,5,7H2/t10-/m1/s1. The van der Waals surface area contributed by atoms with E-state index >= 15 is 0 Å². The van der Waals surface area contributed by atoms with Gasteiger partial charge in [-0.15, -0.1) is 0 Å². The molecule has 0 saturated carbocycles. The number of fused-ring (bicyclic) bond motifs is 1. The van der Waals surface area contributed by atoms with Crippen molar-refractivity contribution in [2.75, 3.05) is 0 Å². The quantitative estimate of drug-likeness (QED) is 0.707. The summed E-state index contributed by atoms with van der Waals surface area (Å²) in [4.78, 5) is 0. The molecule has 82 valence electrons. The Hall–Kier alpha value is -1.03. The van der Waals surface area contributed by atoms with Crippen molar-refractivity contribution in [3.05, 3.63) is 35.4 Å². The predicted molar refractivity (Wildman–Crippen MR) is 49.3 cm³/mol. The fourth-order valence-corrected chi connectivity index (χ4v) is 2.11. The van der Waals surface area contributed by atoms with Gasteiger partial charge in [0.15, 0.2) is 5.60 Å². The molecular formula is C11H11F3O. The summed E-state index contributed by atoms with van der Waals surface area (Å²) in [7, 11) is 0. The first-order chi connectivity index (χ1) is 6.95. The van der Waals surface area contributed by atoms with E-state index < -0.39 is 11.8 Å². The van der Waals surface area contributed by atoms with E-state index in [1.165, 1.54) is 12.1 Å². The maximum atomic E-state index is 12.8. The molecule has 1 aliphatic rings. The van der Waals surface area contributed by atoms with Gasteiger partial charge in [0, 0.05) is 0 Å². The highest BCUT2D eigenvalue weighted by atomic mass is 19.4. The Bertz CT molecular complexity index is 372. The summed E-state index contributed by atoms with van der Waals surface area (Å²) >= 11 is 0. The van der Waals surface area contributed by atoms with Crippen LogP contribution in [-0.2, 0) is 12.0 Å². The largest absolute Gasteiger partial charge is 0.421 e. The molecule has 1 N–H and O–H groups in total. The zero-order valence-electron chi connectivity index (χ0n) is 8.01. The molecule has 0 heterocycles. The monoisotopic (exact) mass is 216 g/mol. The van der Waals surface area contributed by atoms with Crippen molar-refractivity contribution < 1.29 is 18.3 Å². The minimum Gasteiger partial charge on any atom is -0.376 e. The first-order valence-corrected chi connectivity index (χ1v) is 4.83. The third-order valence-corrected chi connectivity index (χ3v) is 2.92. The summed E-state index contributed by atoms with van der Waals surface area (Å²) in [5.41, 5.74) is -2.03. The Balaban J connectivity index is 2.55. The van der Waals surface area contributed by atoms with E-state index in [9.17, 15) is 18.3 Å². The molecule has 2 rings (SSSR count). The van der Waals surface area contributed by atoms with E-state index in [1.807, 2.05) is 0 Å². The van der Waals surface area contributed by atoms with Crippen molar-refractivity contribution in [1.82, 2.24) is 0 Å². The summed E-state index contributed by atoms with van der Waals surface area (Å²) in [6.07, 6.45) is -3.86. The minimum absolute atomic E-state index is 0.0174. The second-order valence-corrected chi connectivity index (χ2v) is 3.87. The molecule has 0 aliphatic heterocycles. The average Bonchev–Trinajstić information content (AvgIpc) is 2.17. The molecule has 0 spiro atoms. The Labute approximate surface area is 85.5 Å². The van der Waals surface area contributed by atoms with Crippen LogP contribution in [0.15, 0.2) is 24.3 Å². The van der Waals surface area contributed by atoms with Crippen LogP contribution in [0.25, 0.3) is 0 Å². The van der Waals surface area contributed by atoms with Crippen molar-refractivity contribution in [3.8, 4) is 0 Å². The van der Waals surface area contributed by atoms with Gasteiger partial charge in [-0.2, -0.15) is 13.2 Å². The molecule has 1 aromatic rings. The van der Waals surface area contributed by atoms with Crippen LogP contribution < -0.4 is 0 Å². The summed E-state index contributed by atoms with van der Waals surface area (Å²) < 4.78 is 38.3. The van der Waals surface area contributed by atoms with E-state index in [0.717, 1.165) is 0 Å². The first-order valence-electron chi connectivity index (χ1n) is 4.83. The van der Waals surface area contributed by atoms with Gasteiger partial charge in [0.25, 0.3) is 0 Å². The third kappa shape index (κ3) is 1.53. The highest BCUT2D eigenvalue weighted by Crippen LogP contribution is 2.46. The lowest BCUT2D eigenvalue weighted by molar-refractivity contribution is -0.271. The Morgan fingerprint density at radius 1 is 1.20 bits per heavy atom. The number of aliphatic hydroxyl groups is 1. The van der Waals surface area contributed by atoms with Gasteiger partial charge in [-0.25, -0.2) is 0 Å². The number of benzene rings is 1. The average molecular weight is 216 g/mol. The molecular weight excluding hydrogens is 205 g/mol. The first kappa shape index (κ1) is 10.5. The molecule has 4 heteroatoms. The van der Waals surface area contributed by atoms with Crippen LogP contribution in [-0.4, -0.2) is 11.3 Å². The van der Waals surface area contributed by atoms with Gasteiger partial charge in [-0.1, -0.05) is 24.3 Å². The van der Waals surface area contributed by atoms with E-state index in [4.69, 9.17) is 0 Å². The highest BCUT2D eigenvalue weighted by molar-refractivity contribution is 5.35. The smallest absolute Gasteiger partial charge is 0.376 e. The van der Waals surface area contributed by atoms with Gasteiger partial charge in [0.05, 0.1) is 0 Å². The molecule has 0 bridgehead atoms. The van der Waals surface area contributed by atoms with Crippen LogP contribution in [0.2, 0.25) is 0 Å². The molecule has 1 aromatic carbocycles. The fourth-order valence-electron chi connectivity index (χ4n) is 2.11. The van der Waals surface area contributed by atoms with E-state index in [-0.39, 0.29) is 12.0 Å². The van der Waals surface area contributed by atoms with Gasteiger partial charge in [-0.05, 0) is 30.4 Å². The molecule has 0 aromatic heterocycles. The van der Waals surface area contributed by atoms with Crippen molar-refractivity contribution in [2.24, 2.45) is 0 Å². The minimum atomic E-state index is -4.59. The van der Waals surface area contributed by atoms with Crippen LogP contribution in [0, 0.1) is 0 Å². The zero-order chi connectivity index (χ0) is 11.1. The van der Waals surface area contributed by atoms with E-state index in [1.54, 1.807) is 12.1 Å². The van der Waals surface area contributed by atoms with Gasteiger partial charge < -0.3 is 5.11 Å². The summed E-state index contributed by atoms with van der Waals surface area (Å²) in [6, 6.07) is 6.23. The van der Waals surface area contributed by atoms with Crippen LogP contribution in [0.4, 0.5) is 13.2 Å². The van der Waals surface area contributed by atoms with Crippen LogP contribution in [0.5, 0.6) is 0 Å². The summed E-state index contributed by atoms with van der Waals surface area (Å²) in [6.45, 7) is 0. The molecule has 15 heavy (non-hydrogen) atoms. The Kier molecular flexibility index (Phi) is 2.26. The zero-order valence-corrected chi connectivity index (χ0v) is 8.01. The van der Waals surface area contributed by atoms with Crippen LogP contribution in [0.1, 0.15) is 24.0 Å². The second-order valence-electron chi connectivity index (χ2n) is 3.87. The van der Waals surface area contributed by atoms with Gasteiger partial charge in [-0.3, -0.25) is 0 Å². The van der Waals surface area contributed by atoms with Crippen molar-refractivity contribution >= 4 is 0 Å². The number of rotatable bonds is 0. The van der Waals surface area contributed by atoms with Gasteiger partial charge in [0.2, 0.25) is 0 Å². The molecule has 0 unspecified atom stereocenters. The lowest BCUT2D eigenvalue weighted by atomic mass is 9.79. The lowest BCUT2D eigenvalue weighted by Crippen LogP contribution is -2.44. The second kappa shape index (κ2) is 3.23. The van der Waals surface area contributed by atoms with Crippen molar-refractivity contribution in [1.29, 1.82) is 0 Å². The molecule has 0 saturated heterocycles. The Morgan fingerprint density at radius 2 is 1.87 bits per heavy atom. The summed E-state index contributed by atoms with van der Waals surface area (Å²) in [5, 5.41) is 9.73. The topological polar surface area (TPSA) is 20.2 Å². The number of aryl methyl sites for hydroxylation is 1. The van der Waals surface area contributed by atoms with Crippen molar-refractivity contribution in [2.45, 2.75) is 31.0 Å². The number of halogens is 3. The SMILES string of the molecule is O[C@]1(C(F)(F)F)CCCc2ccccc21. The maximum Gasteiger partial charge on any atom is 0.421 e. The van der Waals surface area contributed by atoms with Crippen LogP contribution in [0.3, 0.4) is 0 Å².